The summed E-state index contributed by atoms with van der Waals surface area (Å²) in [5, 5.41) is 5.71. The largest absolute Gasteiger partial charge is 0.141 e. The molecule has 1 N–H and O–H groups in total. The molecule has 0 atom stereocenters. The highest BCUT2D eigenvalue weighted by Gasteiger charge is 1.53. The molecule has 0 aromatic carbocycles. The van der Waals surface area contributed by atoms with Crippen LogP contribution >= 0.6 is 12.2 Å². The van der Waals surface area contributed by atoms with Gasteiger partial charge in [0.1, 0.15) is 15.5 Å². The number of nitrogens with zero attached hydrogens (tertiary/aromatic N) is 1. The van der Waals surface area contributed by atoms with Crippen LogP contribution in [0.25, 0.3) is 0 Å². The van der Waals surface area contributed by atoms with Crippen LogP contribution in [0.15, 0.2) is 5.10 Å². The standard InChI is InChI=1S/CN2OS/c4-3-2-1-5/p+1. The Kier molecular flexibility index (Phi) is 2.99. The maximum atomic E-state index is 8.98. The van der Waals surface area contributed by atoms with Gasteiger partial charge in [-0.2, -0.15) is 0 Å². The van der Waals surface area contributed by atoms with Gasteiger partial charge >= 0.3 is 0 Å². The average Bonchev–Trinajstić information content (AvgIpc) is 1.41. The van der Waals surface area contributed by atoms with Gasteiger partial charge in [-0.3, -0.25) is 0 Å². The number of hydrazone groups is 1. The Morgan fingerprint density at radius 1 is 2.00 bits per heavy atom. The molecule has 0 aromatic rings. The minimum absolute atomic E-state index is 1.18. The zero-order valence-corrected chi connectivity index (χ0v) is 3.08. The molecule has 26 valence electrons. The Bertz CT molecular complexity index is 73.7. The number of thiocarbonyl (C=S) groups is 1. The van der Waals surface area contributed by atoms with Crippen LogP contribution in [0.1, 0.15) is 0 Å². The van der Waals surface area contributed by atoms with Crippen molar-refractivity contribution >= 4 is 17.4 Å². The number of hydrogen-bond donors (Lipinski definition) is 1. The van der Waals surface area contributed by atoms with Gasteiger partial charge in [-0.1, -0.05) is 0 Å². The third kappa shape index (κ3) is 3.40. The van der Waals surface area contributed by atoms with Gasteiger partial charge in [0.2, 0.25) is 0 Å². The van der Waals surface area contributed by atoms with E-state index >= 15 is 0 Å². The van der Waals surface area contributed by atoms with Crippen molar-refractivity contribution in [1.29, 1.82) is 0 Å². The third-order valence-electron chi connectivity index (χ3n) is 0.0913. The summed E-state index contributed by atoms with van der Waals surface area (Å²) in [4.78, 5) is 8.98. The van der Waals surface area contributed by atoms with Crippen LogP contribution in [0.2, 0.25) is 0 Å². The fraction of sp³-hybridized carbons (Fsp3) is 0. The zero-order valence-electron chi connectivity index (χ0n) is 2.26. The quantitative estimate of drug-likeness (QED) is 0.250. The Morgan fingerprint density at radius 2 is 2.60 bits per heavy atom. The van der Waals surface area contributed by atoms with E-state index < -0.39 is 0 Å². The van der Waals surface area contributed by atoms with Gasteiger partial charge in [-0.05, 0) is 0 Å². The lowest BCUT2D eigenvalue weighted by Gasteiger charge is -1.30. The summed E-state index contributed by atoms with van der Waals surface area (Å²) >= 11 is 3.97. The topological polar surface area (TPSA) is 43.4 Å². The van der Waals surface area contributed by atoms with Crippen molar-refractivity contribution in [3.63, 3.8) is 0 Å². The maximum absolute atomic E-state index is 8.98. The lowest BCUT2D eigenvalue weighted by Crippen LogP contribution is -2.54. The Hall–Kier alpha value is -0.600. The molecule has 0 aliphatic rings. The molecule has 4 heteroatoms. The number of nitroso groups, excluding NO2 is 1. The van der Waals surface area contributed by atoms with Crippen molar-refractivity contribution in [3.8, 4) is 0 Å². The van der Waals surface area contributed by atoms with E-state index in [1.807, 2.05) is 0 Å². The second kappa shape index (κ2) is 3.40. The first-order valence-corrected chi connectivity index (χ1v) is 1.26. The maximum Gasteiger partial charge on any atom is 0.141 e. The van der Waals surface area contributed by atoms with Crippen LogP contribution in [0.4, 0.5) is 0 Å². The lowest BCUT2D eigenvalue weighted by molar-refractivity contribution is -0.484. The van der Waals surface area contributed by atoms with Crippen LogP contribution < -0.4 is 5.29 Å². The monoisotopic (exact) mass is 89.0 g/mol. The van der Waals surface area contributed by atoms with Gasteiger partial charge in [0, 0.05) is 12.2 Å². The molecule has 0 unspecified atom stereocenters. The normalized spacial score (nSPS) is 4.80. The molecule has 0 bridgehead atoms. The van der Waals surface area contributed by atoms with E-state index in [4.69, 9.17) is 4.91 Å². The van der Waals surface area contributed by atoms with E-state index in [0.717, 1.165) is 0 Å². The molecule has 0 aliphatic carbocycles. The molecule has 0 aromatic heterocycles. The van der Waals surface area contributed by atoms with E-state index in [2.05, 4.69) is 17.3 Å². The fourth-order valence-electron chi connectivity index (χ4n) is 0.0186. The summed E-state index contributed by atoms with van der Waals surface area (Å²) < 4.78 is 0. The molecule has 0 amide bonds. The van der Waals surface area contributed by atoms with Crippen LogP contribution in [0.5, 0.6) is 0 Å². The van der Waals surface area contributed by atoms with Crippen LogP contribution in [-0.4, -0.2) is 5.16 Å². The van der Waals surface area contributed by atoms with Crippen LogP contribution in [0.3, 0.4) is 0 Å². The Balaban J connectivity index is 3.31. The summed E-state index contributed by atoms with van der Waals surface area (Å²) in [7, 11) is 0. The van der Waals surface area contributed by atoms with Gasteiger partial charge in [-0.25, -0.2) is 0 Å². The highest BCUT2D eigenvalue weighted by Crippen LogP contribution is 1.25. The van der Waals surface area contributed by atoms with Gasteiger partial charge in [0.05, 0.1) is 4.91 Å². The van der Waals surface area contributed by atoms with Crippen molar-refractivity contribution in [2.75, 3.05) is 0 Å². The minimum atomic E-state index is 1.18. The summed E-state index contributed by atoms with van der Waals surface area (Å²) in [5.41, 5.74) is 0. The summed E-state index contributed by atoms with van der Waals surface area (Å²) in [5.74, 6) is 0. The minimum Gasteiger partial charge on any atom is 0.000234 e. The van der Waals surface area contributed by atoms with Gasteiger partial charge < -0.3 is 0 Å². The van der Waals surface area contributed by atoms with Crippen LogP contribution in [0, 0.1) is 4.91 Å². The molecule has 3 nitrogen and oxygen atoms in total. The number of rotatable bonds is 1. The second-order valence-corrected chi connectivity index (χ2v) is 0.477. The zero-order chi connectivity index (χ0) is 4.12. The van der Waals surface area contributed by atoms with Crippen LogP contribution in [-0.2, 0) is 0 Å². The first-order chi connectivity index (χ1) is 2.41. The Labute approximate surface area is 33.7 Å². The number of isothiocyanates is 1. The second-order valence-electron chi connectivity index (χ2n) is 0.294. The molecule has 5 heavy (non-hydrogen) atoms. The van der Waals surface area contributed by atoms with E-state index in [0.29, 0.717) is 0 Å². The molecule has 0 saturated heterocycles. The van der Waals surface area contributed by atoms with Gasteiger partial charge in [-0.15, -0.1) is 0 Å². The molecule has 0 radical (unpaired) electrons. The first-order valence-electron chi connectivity index (χ1n) is 0.855. The van der Waals surface area contributed by atoms with Crippen molar-refractivity contribution in [3.05, 3.63) is 4.91 Å². The molecule has 0 spiro atoms. The van der Waals surface area contributed by atoms with Crippen molar-refractivity contribution in [2.24, 2.45) is 5.10 Å². The van der Waals surface area contributed by atoms with Crippen molar-refractivity contribution in [2.45, 2.75) is 0 Å². The summed E-state index contributed by atoms with van der Waals surface area (Å²) in [6, 6.07) is 0. The van der Waals surface area contributed by atoms with Gasteiger partial charge in [0.15, 0.2) is 0 Å². The first kappa shape index (κ1) is 4.40. The molecular formula is CHN2OS+. The van der Waals surface area contributed by atoms with Crippen molar-refractivity contribution < 1.29 is 5.29 Å². The third-order valence-corrected chi connectivity index (χ3v) is 0.183. The smallest absolute Gasteiger partial charge is 0.000234 e. The molecular weight excluding hydrogens is 88.1 g/mol. The fourth-order valence-corrected chi connectivity index (χ4v) is 0.0559. The molecule has 0 rings (SSSR count). The lowest BCUT2D eigenvalue weighted by atomic mass is 11.7. The van der Waals surface area contributed by atoms with E-state index in [9.17, 15) is 0 Å². The van der Waals surface area contributed by atoms with E-state index in [-0.39, 0.29) is 0 Å². The number of nitrogens with one attached hydrogen (secondary N) is 1. The average molecular weight is 89.1 g/mol. The molecule has 0 saturated carbocycles. The molecule has 0 aliphatic heterocycles. The summed E-state index contributed by atoms with van der Waals surface area (Å²) in [6.45, 7) is 0. The van der Waals surface area contributed by atoms with Crippen molar-refractivity contribution in [1.82, 2.24) is 0 Å². The SMILES string of the molecule is O=[NH+]N=C=S. The van der Waals surface area contributed by atoms with Gasteiger partial charge in [0.25, 0.3) is 0 Å². The molecule has 0 fully saturated rings. The predicted octanol–water partition coefficient (Wildman–Crippen LogP) is -1.15. The highest BCUT2D eigenvalue weighted by molar-refractivity contribution is 7.78. The summed E-state index contributed by atoms with van der Waals surface area (Å²) in [6.07, 6.45) is 0. The van der Waals surface area contributed by atoms with E-state index in [1.54, 1.807) is 5.16 Å². The van der Waals surface area contributed by atoms with E-state index in [1.165, 1.54) is 5.29 Å². The Morgan fingerprint density at radius 3 is 2.60 bits per heavy atom. The number of hydrogen-bond acceptors (Lipinski definition) is 2. The predicted molar refractivity (Wildman–Crippen MR) is 19.4 cm³/mol. The molecule has 0 heterocycles. The highest BCUT2D eigenvalue weighted by atomic mass is 32.1.